The molecule has 2 aromatic carbocycles. The van der Waals surface area contributed by atoms with Crippen molar-refractivity contribution in [3.05, 3.63) is 59.1 Å². The topological polar surface area (TPSA) is 52.6 Å². The molecule has 0 atom stereocenters. The minimum Gasteiger partial charge on any atom is -0.384 e. The molecule has 0 bridgehead atoms. The number of ether oxygens (including phenoxy) is 1. The number of hydrogen-bond acceptors (Lipinski definition) is 4. The maximum Gasteiger partial charge on any atom is 0.339 e. The Bertz CT molecular complexity index is 679. The zero-order valence-electron chi connectivity index (χ0n) is 11.5. The molecule has 2 rings (SSSR count). The molecule has 0 unspecified atom stereocenters. The highest BCUT2D eigenvalue weighted by atomic mass is 35.5. The first-order valence-corrected chi connectivity index (χ1v) is 8.08. The van der Waals surface area contributed by atoms with Crippen molar-refractivity contribution in [3.8, 4) is 5.75 Å². The predicted octanol–water partition coefficient (Wildman–Crippen LogP) is 3.30. The Morgan fingerprint density at radius 3 is 2.19 bits per heavy atom. The molecular formula is C15H15ClO4S. The Balaban J connectivity index is 2.11. The minimum absolute atomic E-state index is 0.0651. The van der Waals surface area contributed by atoms with E-state index in [9.17, 15) is 8.42 Å². The zero-order chi connectivity index (χ0) is 15.3. The highest BCUT2D eigenvalue weighted by Gasteiger charge is 2.16. The Hall–Kier alpha value is -1.56. The highest BCUT2D eigenvalue weighted by molar-refractivity contribution is 7.87. The van der Waals surface area contributed by atoms with Gasteiger partial charge >= 0.3 is 10.1 Å². The average Bonchev–Trinajstić information content (AvgIpc) is 2.47. The van der Waals surface area contributed by atoms with Crippen LogP contribution in [0.2, 0.25) is 5.02 Å². The molecule has 0 aliphatic rings. The fraction of sp³-hybridized carbons (Fsp3) is 0.200. The molecule has 0 saturated carbocycles. The lowest BCUT2D eigenvalue weighted by Crippen LogP contribution is -2.09. The third kappa shape index (κ3) is 4.46. The van der Waals surface area contributed by atoms with E-state index in [1.54, 1.807) is 19.2 Å². The summed E-state index contributed by atoms with van der Waals surface area (Å²) in [6, 6.07) is 12.7. The van der Waals surface area contributed by atoms with Gasteiger partial charge in [0.1, 0.15) is 10.6 Å². The highest BCUT2D eigenvalue weighted by Crippen LogP contribution is 2.20. The van der Waals surface area contributed by atoms with Gasteiger partial charge in [-0.3, -0.25) is 0 Å². The molecule has 0 saturated heterocycles. The summed E-state index contributed by atoms with van der Waals surface area (Å²) < 4.78 is 34.2. The number of hydrogen-bond donors (Lipinski definition) is 0. The molecule has 0 spiro atoms. The van der Waals surface area contributed by atoms with E-state index in [-0.39, 0.29) is 10.6 Å². The summed E-state index contributed by atoms with van der Waals surface area (Å²) in [6.07, 6.45) is 0.765. The van der Waals surface area contributed by atoms with Crippen LogP contribution in [0.5, 0.6) is 5.75 Å². The Labute approximate surface area is 129 Å². The van der Waals surface area contributed by atoms with Crippen LogP contribution in [-0.2, 0) is 21.3 Å². The molecule has 0 heterocycles. The van der Waals surface area contributed by atoms with Gasteiger partial charge in [-0.1, -0.05) is 23.7 Å². The average molecular weight is 327 g/mol. The van der Waals surface area contributed by atoms with Gasteiger partial charge in [0.15, 0.2) is 0 Å². The largest absolute Gasteiger partial charge is 0.384 e. The van der Waals surface area contributed by atoms with Gasteiger partial charge in [0, 0.05) is 12.1 Å². The molecular weight excluding hydrogens is 312 g/mol. The molecule has 0 N–H and O–H groups in total. The van der Waals surface area contributed by atoms with E-state index >= 15 is 0 Å². The van der Waals surface area contributed by atoms with Crippen LogP contribution in [0.1, 0.15) is 5.56 Å². The summed E-state index contributed by atoms with van der Waals surface area (Å²) in [4.78, 5) is 0.0651. The normalized spacial score (nSPS) is 11.3. The van der Waals surface area contributed by atoms with Gasteiger partial charge in [0.25, 0.3) is 0 Å². The number of halogens is 1. The molecule has 0 aliphatic carbocycles. The van der Waals surface area contributed by atoms with Gasteiger partial charge in [-0.15, -0.1) is 0 Å². The number of methoxy groups -OCH3 is 1. The second kappa shape index (κ2) is 6.93. The number of benzene rings is 2. The standard InChI is InChI=1S/C15H15ClO4S/c1-19-11-10-12-2-6-14(7-3-12)20-21(17,18)15-8-4-13(16)5-9-15/h2-9H,10-11H2,1H3. The van der Waals surface area contributed by atoms with E-state index in [0.717, 1.165) is 12.0 Å². The number of rotatable bonds is 6. The smallest absolute Gasteiger partial charge is 0.339 e. The molecule has 21 heavy (non-hydrogen) atoms. The molecule has 112 valence electrons. The first-order chi connectivity index (χ1) is 10.0. The van der Waals surface area contributed by atoms with Crippen LogP contribution in [0.25, 0.3) is 0 Å². The molecule has 0 aliphatic heterocycles. The van der Waals surface area contributed by atoms with Crippen molar-refractivity contribution in [2.75, 3.05) is 13.7 Å². The van der Waals surface area contributed by atoms with Crippen LogP contribution in [0.15, 0.2) is 53.4 Å². The van der Waals surface area contributed by atoms with Gasteiger partial charge in [-0.2, -0.15) is 8.42 Å². The summed E-state index contributed by atoms with van der Waals surface area (Å²) >= 11 is 5.74. The van der Waals surface area contributed by atoms with Crippen molar-refractivity contribution >= 4 is 21.7 Å². The van der Waals surface area contributed by atoms with Gasteiger partial charge in [-0.25, -0.2) is 0 Å². The molecule has 0 radical (unpaired) electrons. The molecule has 2 aromatic rings. The lowest BCUT2D eigenvalue weighted by Gasteiger charge is -2.08. The first-order valence-electron chi connectivity index (χ1n) is 6.29. The summed E-state index contributed by atoms with van der Waals surface area (Å²) in [5.74, 6) is 0.270. The van der Waals surface area contributed by atoms with E-state index in [0.29, 0.717) is 11.6 Å². The monoisotopic (exact) mass is 326 g/mol. The molecule has 0 amide bonds. The molecule has 4 nitrogen and oxygen atoms in total. The van der Waals surface area contributed by atoms with E-state index in [4.69, 9.17) is 20.5 Å². The Kier molecular flexibility index (Phi) is 5.22. The van der Waals surface area contributed by atoms with Gasteiger partial charge in [0.05, 0.1) is 6.61 Å². The van der Waals surface area contributed by atoms with Crippen molar-refractivity contribution < 1.29 is 17.3 Å². The fourth-order valence-corrected chi connectivity index (χ4v) is 2.76. The fourth-order valence-electron chi connectivity index (χ4n) is 1.71. The van der Waals surface area contributed by atoms with Crippen molar-refractivity contribution in [1.29, 1.82) is 0 Å². The second-order valence-corrected chi connectivity index (χ2v) is 6.36. The molecule has 0 aromatic heterocycles. The Morgan fingerprint density at radius 2 is 1.62 bits per heavy atom. The second-order valence-electron chi connectivity index (χ2n) is 4.38. The van der Waals surface area contributed by atoms with Gasteiger partial charge < -0.3 is 8.92 Å². The van der Waals surface area contributed by atoms with Gasteiger partial charge in [-0.05, 0) is 48.4 Å². The Morgan fingerprint density at radius 1 is 1.00 bits per heavy atom. The summed E-state index contributed by atoms with van der Waals surface area (Å²) in [7, 11) is -2.21. The molecule has 6 heteroatoms. The van der Waals surface area contributed by atoms with E-state index < -0.39 is 10.1 Å². The third-order valence-corrected chi connectivity index (χ3v) is 4.34. The van der Waals surface area contributed by atoms with Crippen molar-refractivity contribution in [1.82, 2.24) is 0 Å². The van der Waals surface area contributed by atoms with E-state index in [2.05, 4.69) is 0 Å². The van der Waals surface area contributed by atoms with E-state index in [1.807, 2.05) is 12.1 Å². The quantitative estimate of drug-likeness (QED) is 0.764. The van der Waals surface area contributed by atoms with Crippen LogP contribution < -0.4 is 4.18 Å². The van der Waals surface area contributed by atoms with E-state index in [1.165, 1.54) is 24.3 Å². The van der Waals surface area contributed by atoms with Crippen LogP contribution in [-0.4, -0.2) is 22.1 Å². The predicted molar refractivity (Wildman–Crippen MR) is 81.3 cm³/mol. The van der Waals surface area contributed by atoms with Crippen LogP contribution in [0.3, 0.4) is 0 Å². The van der Waals surface area contributed by atoms with Gasteiger partial charge in [0.2, 0.25) is 0 Å². The van der Waals surface area contributed by atoms with Crippen molar-refractivity contribution in [2.45, 2.75) is 11.3 Å². The SMILES string of the molecule is COCCc1ccc(OS(=O)(=O)c2ccc(Cl)cc2)cc1. The maximum absolute atomic E-state index is 12.1. The lowest BCUT2D eigenvalue weighted by molar-refractivity contribution is 0.202. The third-order valence-electron chi connectivity index (χ3n) is 2.83. The van der Waals surface area contributed by atoms with Crippen molar-refractivity contribution in [2.24, 2.45) is 0 Å². The lowest BCUT2D eigenvalue weighted by atomic mass is 10.1. The van der Waals surface area contributed by atoms with Crippen LogP contribution >= 0.6 is 11.6 Å². The minimum atomic E-state index is -3.84. The maximum atomic E-state index is 12.1. The molecule has 0 fully saturated rings. The first kappa shape index (κ1) is 15.8. The zero-order valence-corrected chi connectivity index (χ0v) is 13.0. The van der Waals surface area contributed by atoms with Crippen LogP contribution in [0.4, 0.5) is 0 Å². The summed E-state index contributed by atoms with van der Waals surface area (Å²) in [5, 5.41) is 0.469. The summed E-state index contributed by atoms with van der Waals surface area (Å²) in [6.45, 7) is 0.614. The van der Waals surface area contributed by atoms with Crippen LogP contribution in [0, 0.1) is 0 Å². The van der Waals surface area contributed by atoms with Crippen molar-refractivity contribution in [3.63, 3.8) is 0 Å². The summed E-state index contributed by atoms with van der Waals surface area (Å²) in [5.41, 5.74) is 1.05.